The zero-order chi connectivity index (χ0) is 17.6. The van der Waals surface area contributed by atoms with Crippen LogP contribution in [-0.4, -0.2) is 20.9 Å². The molecule has 0 aliphatic carbocycles. The SMILES string of the molecule is N#Cc1ccc(S(=O)(=O)NCC(=O)OCc2ccc(Cl)cc2)cc1. The van der Waals surface area contributed by atoms with E-state index in [4.69, 9.17) is 21.6 Å². The van der Waals surface area contributed by atoms with Gasteiger partial charge in [0.05, 0.1) is 16.5 Å². The van der Waals surface area contributed by atoms with Crippen molar-refractivity contribution < 1.29 is 17.9 Å². The maximum Gasteiger partial charge on any atom is 0.321 e. The molecule has 24 heavy (non-hydrogen) atoms. The number of carbonyl (C=O) groups excluding carboxylic acids is 1. The summed E-state index contributed by atoms with van der Waals surface area (Å²) in [4.78, 5) is 11.6. The predicted molar refractivity (Wildman–Crippen MR) is 87.6 cm³/mol. The molecule has 0 heterocycles. The van der Waals surface area contributed by atoms with Crippen LogP contribution in [-0.2, 0) is 26.2 Å². The number of benzene rings is 2. The van der Waals surface area contributed by atoms with Crippen molar-refractivity contribution in [3.05, 3.63) is 64.7 Å². The summed E-state index contributed by atoms with van der Waals surface area (Å²) < 4.78 is 31.2. The van der Waals surface area contributed by atoms with Gasteiger partial charge in [0.2, 0.25) is 10.0 Å². The Morgan fingerprint density at radius 2 is 1.75 bits per heavy atom. The molecule has 0 aromatic heterocycles. The molecule has 0 aliphatic rings. The second-order valence-electron chi connectivity index (χ2n) is 4.75. The lowest BCUT2D eigenvalue weighted by molar-refractivity contribution is -0.143. The minimum Gasteiger partial charge on any atom is -0.460 e. The van der Waals surface area contributed by atoms with Gasteiger partial charge in [-0.15, -0.1) is 0 Å². The number of carbonyl (C=O) groups is 1. The maximum absolute atomic E-state index is 12.0. The average Bonchev–Trinajstić information content (AvgIpc) is 2.59. The Kier molecular flexibility index (Phi) is 5.93. The number of rotatable bonds is 6. The van der Waals surface area contributed by atoms with Gasteiger partial charge in [0.25, 0.3) is 0 Å². The van der Waals surface area contributed by atoms with Crippen LogP contribution in [0.15, 0.2) is 53.4 Å². The van der Waals surface area contributed by atoms with E-state index in [0.717, 1.165) is 5.56 Å². The molecule has 124 valence electrons. The first kappa shape index (κ1) is 17.9. The van der Waals surface area contributed by atoms with Gasteiger partial charge >= 0.3 is 5.97 Å². The van der Waals surface area contributed by atoms with Crippen molar-refractivity contribution in [1.82, 2.24) is 4.72 Å². The summed E-state index contributed by atoms with van der Waals surface area (Å²) in [6, 6.07) is 14.0. The second kappa shape index (κ2) is 7.93. The number of nitriles is 1. The summed E-state index contributed by atoms with van der Waals surface area (Å²) in [6.45, 7) is -0.468. The van der Waals surface area contributed by atoms with Crippen molar-refractivity contribution in [2.45, 2.75) is 11.5 Å². The molecule has 0 aliphatic heterocycles. The quantitative estimate of drug-likeness (QED) is 0.793. The highest BCUT2D eigenvalue weighted by atomic mass is 35.5. The van der Waals surface area contributed by atoms with Crippen molar-refractivity contribution in [3.63, 3.8) is 0 Å². The maximum atomic E-state index is 12.0. The first-order chi connectivity index (χ1) is 11.4. The van der Waals surface area contributed by atoms with Crippen LogP contribution in [0, 0.1) is 11.3 Å². The van der Waals surface area contributed by atoms with Gasteiger partial charge in [-0.2, -0.15) is 9.98 Å². The van der Waals surface area contributed by atoms with Gasteiger partial charge < -0.3 is 4.74 Å². The number of hydrogen-bond donors (Lipinski definition) is 1. The van der Waals surface area contributed by atoms with Gasteiger partial charge in [0.1, 0.15) is 13.2 Å². The van der Waals surface area contributed by atoms with E-state index < -0.39 is 22.5 Å². The first-order valence-corrected chi connectivity index (χ1v) is 8.67. The smallest absolute Gasteiger partial charge is 0.321 e. The molecule has 0 atom stereocenters. The molecule has 0 bridgehead atoms. The van der Waals surface area contributed by atoms with E-state index in [-0.39, 0.29) is 11.5 Å². The highest BCUT2D eigenvalue weighted by Crippen LogP contribution is 2.11. The van der Waals surface area contributed by atoms with E-state index in [0.29, 0.717) is 10.6 Å². The normalized spacial score (nSPS) is 10.8. The second-order valence-corrected chi connectivity index (χ2v) is 6.95. The highest BCUT2D eigenvalue weighted by Gasteiger charge is 2.16. The van der Waals surface area contributed by atoms with Gasteiger partial charge in [-0.05, 0) is 42.0 Å². The number of halogens is 1. The van der Waals surface area contributed by atoms with Gasteiger partial charge in [-0.25, -0.2) is 8.42 Å². The predicted octanol–water partition coefficient (Wildman–Crippen LogP) is 2.23. The van der Waals surface area contributed by atoms with E-state index in [2.05, 4.69) is 4.72 Å². The van der Waals surface area contributed by atoms with Crippen LogP contribution < -0.4 is 4.72 Å². The number of hydrogen-bond acceptors (Lipinski definition) is 5. The molecule has 6 nitrogen and oxygen atoms in total. The lowest BCUT2D eigenvalue weighted by atomic mass is 10.2. The Balaban J connectivity index is 1.87. The summed E-state index contributed by atoms with van der Waals surface area (Å²) in [7, 11) is -3.85. The Morgan fingerprint density at radius 3 is 2.33 bits per heavy atom. The van der Waals surface area contributed by atoms with Crippen LogP contribution >= 0.6 is 11.6 Å². The minimum atomic E-state index is -3.85. The Labute approximate surface area is 144 Å². The van der Waals surface area contributed by atoms with Gasteiger partial charge in [0.15, 0.2) is 0 Å². The topological polar surface area (TPSA) is 96.3 Å². The molecule has 2 aromatic rings. The van der Waals surface area contributed by atoms with Crippen LogP contribution in [0.3, 0.4) is 0 Å². The van der Waals surface area contributed by atoms with Crippen LogP contribution in [0.1, 0.15) is 11.1 Å². The standard InChI is InChI=1S/C16H13ClN2O4S/c17-14-5-1-13(2-6-14)11-23-16(20)10-19-24(21,22)15-7-3-12(9-18)4-8-15/h1-8,19H,10-11H2. The van der Waals surface area contributed by atoms with Crippen molar-refractivity contribution in [2.75, 3.05) is 6.54 Å². The Morgan fingerprint density at radius 1 is 1.12 bits per heavy atom. The molecule has 0 saturated heterocycles. The third kappa shape index (κ3) is 5.06. The van der Waals surface area contributed by atoms with E-state index in [1.165, 1.54) is 24.3 Å². The minimum absolute atomic E-state index is 0.0224. The monoisotopic (exact) mass is 364 g/mol. The summed E-state index contributed by atoms with van der Waals surface area (Å²) in [5.41, 5.74) is 1.08. The van der Waals surface area contributed by atoms with E-state index >= 15 is 0 Å². The van der Waals surface area contributed by atoms with Crippen LogP contribution in [0.25, 0.3) is 0 Å². The van der Waals surface area contributed by atoms with E-state index in [1.54, 1.807) is 24.3 Å². The number of esters is 1. The van der Waals surface area contributed by atoms with Crippen molar-refractivity contribution in [2.24, 2.45) is 0 Å². The third-order valence-electron chi connectivity index (χ3n) is 3.01. The van der Waals surface area contributed by atoms with Gasteiger partial charge in [-0.3, -0.25) is 4.79 Å². The number of ether oxygens (including phenoxy) is 1. The molecule has 1 N–H and O–H groups in total. The first-order valence-electron chi connectivity index (χ1n) is 6.80. The highest BCUT2D eigenvalue weighted by molar-refractivity contribution is 7.89. The van der Waals surface area contributed by atoms with E-state index in [1.807, 2.05) is 6.07 Å². The molecule has 2 rings (SSSR count). The number of sulfonamides is 1. The van der Waals surface area contributed by atoms with Gasteiger partial charge in [0, 0.05) is 5.02 Å². The molecule has 8 heteroatoms. The lowest BCUT2D eigenvalue weighted by Gasteiger charge is -2.08. The zero-order valence-corrected chi connectivity index (χ0v) is 14.0. The van der Waals surface area contributed by atoms with Crippen LogP contribution in [0.5, 0.6) is 0 Å². The molecule has 2 aromatic carbocycles. The van der Waals surface area contributed by atoms with Crippen molar-refractivity contribution in [3.8, 4) is 6.07 Å². The van der Waals surface area contributed by atoms with Crippen molar-refractivity contribution in [1.29, 1.82) is 5.26 Å². The van der Waals surface area contributed by atoms with Crippen molar-refractivity contribution >= 4 is 27.6 Å². The lowest BCUT2D eigenvalue weighted by Crippen LogP contribution is -2.30. The number of nitrogens with zero attached hydrogens (tertiary/aromatic N) is 1. The van der Waals surface area contributed by atoms with Crippen LogP contribution in [0.2, 0.25) is 5.02 Å². The molecular formula is C16H13ClN2O4S. The fourth-order valence-corrected chi connectivity index (χ4v) is 2.84. The summed E-state index contributed by atoms with van der Waals surface area (Å²) in [5, 5.41) is 9.26. The fourth-order valence-electron chi connectivity index (χ4n) is 1.74. The zero-order valence-electron chi connectivity index (χ0n) is 12.4. The molecule has 0 radical (unpaired) electrons. The molecule has 0 saturated carbocycles. The van der Waals surface area contributed by atoms with Gasteiger partial charge in [-0.1, -0.05) is 23.7 Å². The van der Waals surface area contributed by atoms with E-state index in [9.17, 15) is 13.2 Å². The number of nitrogens with one attached hydrogen (secondary N) is 1. The molecular weight excluding hydrogens is 352 g/mol. The summed E-state index contributed by atoms with van der Waals surface area (Å²) >= 11 is 5.75. The average molecular weight is 365 g/mol. The Hall–Kier alpha value is -2.40. The Bertz CT molecular complexity index is 856. The summed E-state index contributed by atoms with van der Waals surface area (Å²) in [5.74, 6) is -0.706. The molecule has 0 spiro atoms. The largest absolute Gasteiger partial charge is 0.460 e. The summed E-state index contributed by atoms with van der Waals surface area (Å²) in [6.07, 6.45) is 0. The van der Waals surface area contributed by atoms with Crippen LogP contribution in [0.4, 0.5) is 0 Å². The molecule has 0 fully saturated rings. The molecule has 0 unspecified atom stereocenters. The molecule has 0 amide bonds. The third-order valence-corrected chi connectivity index (χ3v) is 4.68. The fraction of sp³-hybridized carbons (Fsp3) is 0.125.